The molecule has 1 saturated heterocycles. The van der Waals surface area contributed by atoms with Crippen LogP contribution in [0, 0.1) is 0 Å². The third kappa shape index (κ3) is 2.72. The van der Waals surface area contributed by atoms with Gasteiger partial charge in [-0.25, -0.2) is 14.8 Å². The molecule has 1 aliphatic heterocycles. The molecule has 21 heavy (non-hydrogen) atoms. The van der Waals surface area contributed by atoms with Crippen molar-refractivity contribution in [3.63, 3.8) is 0 Å². The van der Waals surface area contributed by atoms with Gasteiger partial charge < -0.3 is 10.0 Å². The molecule has 3 rings (SSSR count). The molecule has 0 saturated carbocycles. The van der Waals surface area contributed by atoms with Crippen LogP contribution >= 0.6 is 0 Å². The van der Waals surface area contributed by atoms with E-state index in [1.165, 1.54) is 11.8 Å². The predicted molar refractivity (Wildman–Crippen MR) is 79.6 cm³/mol. The number of aromatic carboxylic acids is 1. The van der Waals surface area contributed by atoms with Crippen molar-refractivity contribution in [2.75, 3.05) is 11.4 Å². The van der Waals surface area contributed by atoms with Gasteiger partial charge in [0, 0.05) is 18.5 Å². The zero-order valence-electron chi connectivity index (χ0n) is 11.8. The minimum atomic E-state index is -1.05. The molecule has 0 spiro atoms. The van der Waals surface area contributed by atoms with Crippen molar-refractivity contribution in [2.24, 2.45) is 0 Å². The summed E-state index contributed by atoms with van der Waals surface area (Å²) in [4.78, 5) is 21.2. The number of anilines is 1. The molecule has 1 aromatic heterocycles. The highest BCUT2D eigenvalue weighted by Crippen LogP contribution is 2.33. The summed E-state index contributed by atoms with van der Waals surface area (Å²) < 4.78 is 0. The van der Waals surface area contributed by atoms with Crippen molar-refractivity contribution in [2.45, 2.75) is 25.3 Å². The summed E-state index contributed by atoms with van der Waals surface area (Å²) in [6, 6.07) is 10.8. The van der Waals surface area contributed by atoms with Crippen LogP contribution in [0.4, 0.5) is 5.82 Å². The van der Waals surface area contributed by atoms with Gasteiger partial charge in [-0.15, -0.1) is 0 Å². The molecule has 2 unspecified atom stereocenters. The van der Waals surface area contributed by atoms with Crippen molar-refractivity contribution in [1.82, 2.24) is 9.97 Å². The summed E-state index contributed by atoms with van der Waals surface area (Å²) >= 11 is 0. The zero-order chi connectivity index (χ0) is 14.8. The molecule has 5 nitrogen and oxygen atoms in total. The Labute approximate surface area is 123 Å². The summed E-state index contributed by atoms with van der Waals surface area (Å²) in [6.07, 6.45) is 3.93. The predicted octanol–water partition coefficient (Wildman–Crippen LogP) is 2.56. The minimum absolute atomic E-state index is 0.0230. The number of carboxylic acid groups (broad SMARTS) is 1. The van der Waals surface area contributed by atoms with E-state index in [0.717, 1.165) is 18.8 Å². The van der Waals surface area contributed by atoms with Gasteiger partial charge in [-0.05, 0) is 18.9 Å². The lowest BCUT2D eigenvalue weighted by atomic mass is 9.97. The van der Waals surface area contributed by atoms with Gasteiger partial charge in [0.25, 0.3) is 0 Å². The Kier molecular flexibility index (Phi) is 3.56. The number of carbonyl (C=O) groups is 1. The average Bonchev–Trinajstić information content (AvgIpc) is 2.90. The first-order chi connectivity index (χ1) is 10.1. The van der Waals surface area contributed by atoms with Crippen LogP contribution in [-0.4, -0.2) is 33.6 Å². The van der Waals surface area contributed by atoms with Crippen molar-refractivity contribution in [3.05, 3.63) is 54.0 Å². The molecule has 2 heterocycles. The largest absolute Gasteiger partial charge is 0.476 e. The normalized spacial score (nSPS) is 21.5. The lowest BCUT2D eigenvalue weighted by Crippen LogP contribution is -2.27. The molecular weight excluding hydrogens is 266 g/mol. The second-order valence-corrected chi connectivity index (χ2v) is 5.41. The molecule has 1 N–H and O–H groups in total. The van der Waals surface area contributed by atoms with Gasteiger partial charge in [0.1, 0.15) is 5.82 Å². The van der Waals surface area contributed by atoms with E-state index in [0.29, 0.717) is 12.0 Å². The number of hydrogen-bond donors (Lipinski definition) is 1. The monoisotopic (exact) mass is 283 g/mol. The maximum Gasteiger partial charge on any atom is 0.356 e. The molecule has 5 heteroatoms. The van der Waals surface area contributed by atoms with E-state index in [1.54, 1.807) is 6.20 Å². The van der Waals surface area contributed by atoms with E-state index in [2.05, 4.69) is 46.1 Å². The van der Waals surface area contributed by atoms with E-state index >= 15 is 0 Å². The number of benzene rings is 1. The Bertz CT molecular complexity index is 628. The lowest BCUT2D eigenvalue weighted by molar-refractivity contribution is 0.0690. The highest BCUT2D eigenvalue weighted by Gasteiger charge is 2.31. The van der Waals surface area contributed by atoms with Gasteiger partial charge >= 0.3 is 5.97 Å². The molecule has 1 fully saturated rings. The van der Waals surface area contributed by atoms with Crippen molar-refractivity contribution >= 4 is 11.8 Å². The van der Waals surface area contributed by atoms with Crippen LogP contribution in [0.15, 0.2) is 42.7 Å². The van der Waals surface area contributed by atoms with Crippen LogP contribution in [0.2, 0.25) is 0 Å². The highest BCUT2D eigenvalue weighted by molar-refractivity contribution is 5.84. The number of nitrogens with zero attached hydrogens (tertiary/aromatic N) is 3. The number of hydrogen-bond acceptors (Lipinski definition) is 4. The van der Waals surface area contributed by atoms with Gasteiger partial charge in [-0.2, -0.15) is 0 Å². The number of carboxylic acids is 1. The van der Waals surface area contributed by atoms with Crippen LogP contribution in [0.25, 0.3) is 0 Å². The van der Waals surface area contributed by atoms with E-state index in [-0.39, 0.29) is 5.69 Å². The van der Waals surface area contributed by atoms with Gasteiger partial charge in [0.05, 0.1) is 12.4 Å². The molecule has 0 amide bonds. The second-order valence-electron chi connectivity index (χ2n) is 5.41. The third-order valence-electron chi connectivity index (χ3n) is 4.00. The molecule has 1 aliphatic rings. The Hall–Kier alpha value is -2.43. The quantitative estimate of drug-likeness (QED) is 0.937. The lowest BCUT2D eigenvalue weighted by Gasteiger charge is -2.22. The molecule has 2 aromatic rings. The number of aromatic nitrogens is 2. The van der Waals surface area contributed by atoms with E-state index in [1.807, 2.05) is 6.07 Å². The minimum Gasteiger partial charge on any atom is -0.476 e. The summed E-state index contributed by atoms with van der Waals surface area (Å²) in [5.74, 6) is 0.166. The molecule has 0 bridgehead atoms. The summed E-state index contributed by atoms with van der Waals surface area (Å²) in [6.45, 7) is 3.04. The SMILES string of the molecule is CC1CC(c2ccccc2)CN1c1cnc(C(=O)O)cn1. The van der Waals surface area contributed by atoms with Gasteiger partial charge in [0.15, 0.2) is 5.69 Å². The Morgan fingerprint density at radius 2 is 2.00 bits per heavy atom. The fourth-order valence-electron chi connectivity index (χ4n) is 2.90. The summed E-state index contributed by atoms with van der Waals surface area (Å²) in [5, 5.41) is 8.87. The Balaban J connectivity index is 1.79. The smallest absolute Gasteiger partial charge is 0.356 e. The molecule has 1 aromatic carbocycles. The van der Waals surface area contributed by atoms with E-state index in [9.17, 15) is 4.79 Å². The highest BCUT2D eigenvalue weighted by atomic mass is 16.4. The van der Waals surface area contributed by atoms with E-state index < -0.39 is 5.97 Å². The average molecular weight is 283 g/mol. The molecule has 108 valence electrons. The first kappa shape index (κ1) is 13.5. The fraction of sp³-hybridized carbons (Fsp3) is 0.312. The summed E-state index contributed by atoms with van der Waals surface area (Å²) in [5.41, 5.74) is 1.31. The fourth-order valence-corrected chi connectivity index (χ4v) is 2.90. The number of rotatable bonds is 3. The van der Waals surface area contributed by atoms with Crippen LogP contribution in [0.5, 0.6) is 0 Å². The summed E-state index contributed by atoms with van der Waals surface area (Å²) in [7, 11) is 0. The molecular formula is C16H17N3O2. The van der Waals surface area contributed by atoms with E-state index in [4.69, 9.17) is 5.11 Å². The second kappa shape index (κ2) is 5.52. The maximum absolute atomic E-state index is 10.8. The topological polar surface area (TPSA) is 66.3 Å². The Morgan fingerprint density at radius 1 is 1.24 bits per heavy atom. The Morgan fingerprint density at radius 3 is 2.62 bits per heavy atom. The standard InChI is InChI=1S/C16H17N3O2/c1-11-7-13(12-5-3-2-4-6-12)10-19(11)15-9-17-14(8-18-15)16(20)21/h2-6,8-9,11,13H,7,10H2,1H3,(H,20,21). The van der Waals surface area contributed by atoms with Crippen molar-refractivity contribution in [1.29, 1.82) is 0 Å². The van der Waals surface area contributed by atoms with Gasteiger partial charge in [0.2, 0.25) is 0 Å². The van der Waals surface area contributed by atoms with Gasteiger partial charge in [-0.1, -0.05) is 30.3 Å². The molecule has 0 radical (unpaired) electrons. The zero-order valence-corrected chi connectivity index (χ0v) is 11.8. The van der Waals surface area contributed by atoms with Crippen molar-refractivity contribution in [3.8, 4) is 0 Å². The first-order valence-electron chi connectivity index (χ1n) is 7.02. The molecule has 2 atom stereocenters. The maximum atomic E-state index is 10.8. The van der Waals surface area contributed by atoms with Crippen molar-refractivity contribution < 1.29 is 9.90 Å². The first-order valence-corrected chi connectivity index (χ1v) is 7.02. The van der Waals surface area contributed by atoms with Crippen LogP contribution in [0.1, 0.15) is 35.3 Å². The molecule has 0 aliphatic carbocycles. The third-order valence-corrected chi connectivity index (χ3v) is 4.00. The van der Waals surface area contributed by atoms with Crippen LogP contribution in [-0.2, 0) is 0 Å². The van der Waals surface area contributed by atoms with Crippen LogP contribution < -0.4 is 4.90 Å². The van der Waals surface area contributed by atoms with Crippen LogP contribution in [0.3, 0.4) is 0 Å². The van der Waals surface area contributed by atoms with Gasteiger partial charge in [-0.3, -0.25) is 0 Å².